The van der Waals surface area contributed by atoms with Crippen LogP contribution in [0, 0.1) is 0 Å². The molecule has 0 unspecified atom stereocenters. The molecular weight excluding hydrogens is 240 g/mol. The van der Waals surface area contributed by atoms with E-state index >= 15 is 0 Å². The quantitative estimate of drug-likeness (QED) is 0.670. The third kappa shape index (κ3) is 1.93. The minimum absolute atomic E-state index is 0.613. The van der Waals surface area contributed by atoms with Gasteiger partial charge in [-0.25, -0.2) is 9.97 Å². The van der Waals surface area contributed by atoms with Crippen LogP contribution in [0.5, 0.6) is 0 Å². The van der Waals surface area contributed by atoms with Gasteiger partial charge in [-0.3, -0.25) is 4.79 Å². The Balaban J connectivity index is 2.08. The number of aryl methyl sites for hydroxylation is 1. The number of carbonyl (C=O) groups excluding carboxylic acids is 1. The van der Waals surface area contributed by atoms with E-state index in [0.717, 1.165) is 29.7 Å². The molecule has 0 saturated carbocycles. The van der Waals surface area contributed by atoms with Gasteiger partial charge in [0.1, 0.15) is 11.5 Å². The normalized spacial score (nSPS) is 11.0. The summed E-state index contributed by atoms with van der Waals surface area (Å²) >= 11 is 0. The van der Waals surface area contributed by atoms with Crippen molar-refractivity contribution in [1.29, 1.82) is 0 Å². The summed E-state index contributed by atoms with van der Waals surface area (Å²) in [4.78, 5) is 19.8. The summed E-state index contributed by atoms with van der Waals surface area (Å²) in [7, 11) is 0. The van der Waals surface area contributed by atoms with Crippen LogP contribution in [-0.4, -0.2) is 25.4 Å². The van der Waals surface area contributed by atoms with Crippen LogP contribution in [0.4, 0.5) is 0 Å². The lowest BCUT2D eigenvalue weighted by Gasteiger charge is -2.06. The Labute approximate surface area is 110 Å². The minimum Gasteiger partial charge on any atom is -0.334 e. The second-order valence-electron chi connectivity index (χ2n) is 4.33. The van der Waals surface area contributed by atoms with Crippen molar-refractivity contribution >= 4 is 17.3 Å². The Morgan fingerprint density at radius 2 is 2.16 bits per heavy atom. The number of hydrogen-bond acceptors (Lipinski definition) is 3. The van der Waals surface area contributed by atoms with E-state index in [1.54, 1.807) is 12.4 Å². The minimum atomic E-state index is 0.613. The second-order valence-corrected chi connectivity index (χ2v) is 4.33. The maximum atomic E-state index is 11.1. The zero-order valence-electron chi connectivity index (χ0n) is 10.7. The first kappa shape index (κ1) is 11.6. The Bertz CT molecular complexity index is 726. The predicted molar refractivity (Wildman–Crippen MR) is 72.1 cm³/mol. The molecule has 5 nitrogen and oxygen atoms in total. The zero-order valence-corrected chi connectivity index (χ0v) is 10.7. The molecule has 0 atom stereocenters. The van der Waals surface area contributed by atoms with E-state index in [1.165, 1.54) is 0 Å². The molecule has 19 heavy (non-hydrogen) atoms. The van der Waals surface area contributed by atoms with Gasteiger partial charge in [0.2, 0.25) is 0 Å². The first-order valence-corrected chi connectivity index (χ1v) is 6.22. The van der Waals surface area contributed by atoms with Crippen LogP contribution < -0.4 is 0 Å². The summed E-state index contributed by atoms with van der Waals surface area (Å²) in [6, 6.07) is 3.75. The third-order valence-corrected chi connectivity index (χ3v) is 3.25. The first-order chi connectivity index (χ1) is 9.33. The van der Waals surface area contributed by atoms with E-state index in [1.807, 2.05) is 29.1 Å². The topological polar surface area (TPSA) is 52.7 Å². The van der Waals surface area contributed by atoms with E-state index in [0.29, 0.717) is 12.1 Å². The Morgan fingerprint density at radius 3 is 2.95 bits per heavy atom. The van der Waals surface area contributed by atoms with Crippen molar-refractivity contribution in [3.63, 3.8) is 0 Å². The van der Waals surface area contributed by atoms with Gasteiger partial charge in [-0.05, 0) is 19.1 Å². The fourth-order valence-electron chi connectivity index (χ4n) is 2.30. The van der Waals surface area contributed by atoms with Crippen LogP contribution in [0.3, 0.4) is 0 Å². The van der Waals surface area contributed by atoms with Crippen LogP contribution >= 0.6 is 0 Å². The number of aromatic nitrogens is 4. The molecule has 0 aliphatic rings. The molecule has 0 aliphatic heterocycles. The monoisotopic (exact) mass is 254 g/mol. The number of rotatable bonds is 4. The van der Waals surface area contributed by atoms with Gasteiger partial charge < -0.3 is 9.13 Å². The Hall–Kier alpha value is -2.43. The first-order valence-electron chi connectivity index (χ1n) is 6.22. The fraction of sp³-hybridized carbons (Fsp3) is 0.214. The molecule has 0 radical (unpaired) electrons. The van der Waals surface area contributed by atoms with Crippen molar-refractivity contribution in [3.8, 4) is 0 Å². The van der Waals surface area contributed by atoms with E-state index in [4.69, 9.17) is 0 Å². The van der Waals surface area contributed by atoms with Crippen molar-refractivity contribution in [2.24, 2.45) is 0 Å². The van der Waals surface area contributed by atoms with Gasteiger partial charge in [0.15, 0.2) is 6.29 Å². The average Bonchev–Trinajstić information content (AvgIpc) is 3.04. The molecule has 3 aromatic heterocycles. The summed E-state index contributed by atoms with van der Waals surface area (Å²) in [6.45, 7) is 3.57. The number of pyridine rings is 1. The van der Waals surface area contributed by atoms with Crippen molar-refractivity contribution in [2.75, 3.05) is 0 Å². The van der Waals surface area contributed by atoms with Crippen molar-refractivity contribution in [1.82, 2.24) is 19.1 Å². The van der Waals surface area contributed by atoms with Gasteiger partial charge in [-0.2, -0.15) is 0 Å². The molecule has 0 saturated heterocycles. The SMILES string of the molecule is CCn1ccnc1Cn1cc(C=O)c2cccnc21. The Kier molecular flexibility index (Phi) is 2.87. The molecule has 96 valence electrons. The van der Waals surface area contributed by atoms with Crippen LogP contribution in [0.2, 0.25) is 0 Å². The highest BCUT2D eigenvalue weighted by Gasteiger charge is 2.10. The van der Waals surface area contributed by atoms with Gasteiger partial charge in [-0.1, -0.05) is 0 Å². The summed E-state index contributed by atoms with van der Waals surface area (Å²) in [5, 5.41) is 0.882. The predicted octanol–water partition coefficient (Wildman–Crippen LogP) is 2.11. The second kappa shape index (κ2) is 4.68. The lowest BCUT2D eigenvalue weighted by atomic mass is 10.2. The lowest BCUT2D eigenvalue weighted by Crippen LogP contribution is -2.07. The van der Waals surface area contributed by atoms with E-state index in [2.05, 4.69) is 21.5 Å². The zero-order chi connectivity index (χ0) is 13.2. The summed E-state index contributed by atoms with van der Waals surface area (Å²) in [6.07, 6.45) is 8.18. The van der Waals surface area contributed by atoms with Gasteiger partial charge in [0, 0.05) is 42.3 Å². The van der Waals surface area contributed by atoms with E-state index in [-0.39, 0.29) is 0 Å². The van der Waals surface area contributed by atoms with Crippen LogP contribution in [-0.2, 0) is 13.1 Å². The van der Waals surface area contributed by atoms with Gasteiger partial charge >= 0.3 is 0 Å². The van der Waals surface area contributed by atoms with Gasteiger partial charge in [0.05, 0.1) is 6.54 Å². The summed E-state index contributed by atoms with van der Waals surface area (Å²) in [5.41, 5.74) is 1.48. The smallest absolute Gasteiger partial charge is 0.152 e. The molecule has 3 aromatic rings. The van der Waals surface area contributed by atoms with Crippen molar-refractivity contribution in [3.05, 3.63) is 48.3 Å². The number of aldehydes is 1. The maximum absolute atomic E-state index is 11.1. The molecule has 0 fully saturated rings. The lowest BCUT2D eigenvalue weighted by molar-refractivity contribution is 0.112. The molecule has 0 spiro atoms. The molecule has 0 amide bonds. The molecule has 0 N–H and O–H groups in total. The fourth-order valence-corrected chi connectivity index (χ4v) is 2.30. The highest BCUT2D eigenvalue weighted by molar-refractivity contribution is 5.95. The number of nitrogens with zero attached hydrogens (tertiary/aromatic N) is 4. The molecule has 5 heteroatoms. The molecule has 0 aromatic carbocycles. The average molecular weight is 254 g/mol. The van der Waals surface area contributed by atoms with Crippen LogP contribution in [0.25, 0.3) is 11.0 Å². The molecule has 0 bridgehead atoms. The number of imidazole rings is 1. The number of carbonyl (C=O) groups is 1. The highest BCUT2D eigenvalue weighted by Crippen LogP contribution is 2.18. The van der Waals surface area contributed by atoms with Gasteiger partial charge in [-0.15, -0.1) is 0 Å². The maximum Gasteiger partial charge on any atom is 0.152 e. The largest absolute Gasteiger partial charge is 0.334 e. The molecule has 3 heterocycles. The van der Waals surface area contributed by atoms with Crippen molar-refractivity contribution < 1.29 is 4.79 Å². The highest BCUT2D eigenvalue weighted by atomic mass is 16.1. The number of fused-ring (bicyclic) bond motifs is 1. The standard InChI is InChI=1S/C14H14N4O/c1-2-17-7-6-15-13(17)9-18-8-11(10-19)12-4-3-5-16-14(12)18/h3-8,10H,2,9H2,1H3. The Morgan fingerprint density at radius 1 is 1.26 bits per heavy atom. The van der Waals surface area contributed by atoms with E-state index < -0.39 is 0 Å². The molecule has 3 rings (SSSR count). The van der Waals surface area contributed by atoms with Gasteiger partial charge in [0.25, 0.3) is 0 Å². The number of hydrogen-bond donors (Lipinski definition) is 0. The van der Waals surface area contributed by atoms with Crippen LogP contribution in [0.1, 0.15) is 23.1 Å². The van der Waals surface area contributed by atoms with Crippen LogP contribution in [0.15, 0.2) is 36.9 Å². The summed E-state index contributed by atoms with van der Waals surface area (Å²) < 4.78 is 4.04. The molecule has 0 aliphatic carbocycles. The summed E-state index contributed by atoms with van der Waals surface area (Å²) in [5.74, 6) is 0.961. The molecular formula is C14H14N4O. The van der Waals surface area contributed by atoms with Crippen molar-refractivity contribution in [2.45, 2.75) is 20.0 Å². The third-order valence-electron chi connectivity index (χ3n) is 3.25. The van der Waals surface area contributed by atoms with E-state index in [9.17, 15) is 4.79 Å².